The summed E-state index contributed by atoms with van der Waals surface area (Å²) in [5, 5.41) is 0.999. The van der Waals surface area contributed by atoms with Crippen LogP contribution in [-0.2, 0) is 21.8 Å². The Hall–Kier alpha value is -2.60. The molecule has 1 heterocycles. The number of aromatic nitrogens is 2. The normalized spacial score (nSPS) is 10.7. The van der Waals surface area contributed by atoms with Gasteiger partial charge in [-0.3, -0.25) is 14.2 Å². The van der Waals surface area contributed by atoms with Crippen molar-refractivity contribution in [2.24, 2.45) is 0 Å². The number of fused-ring (bicyclic) bond motifs is 1. The third kappa shape index (κ3) is 3.49. The molecule has 0 aliphatic carbocycles. The van der Waals surface area contributed by atoms with E-state index in [4.69, 9.17) is 4.74 Å². The molecule has 0 aliphatic rings. The second-order valence-corrected chi connectivity index (χ2v) is 6.10. The standard InChI is InChI=1S/C18H16N2O3S/c1-23-16(21)11-20-17(22)14-9-5-6-10-15(14)19-18(20)24-12-13-7-3-2-4-8-13/h2-10H,11-12H2,1H3. The van der Waals surface area contributed by atoms with Crippen molar-refractivity contribution in [3.05, 3.63) is 70.5 Å². The largest absolute Gasteiger partial charge is 0.468 e. The average molecular weight is 340 g/mol. The Bertz CT molecular complexity index is 922. The number of methoxy groups -OCH3 is 1. The van der Waals surface area contributed by atoms with Crippen LogP contribution >= 0.6 is 11.8 Å². The van der Waals surface area contributed by atoms with Gasteiger partial charge in [-0.05, 0) is 17.7 Å². The van der Waals surface area contributed by atoms with E-state index in [2.05, 4.69) is 4.98 Å². The fraction of sp³-hybridized carbons (Fsp3) is 0.167. The molecule has 0 radical (unpaired) electrons. The van der Waals surface area contributed by atoms with Crippen molar-refractivity contribution in [3.63, 3.8) is 0 Å². The number of ether oxygens (including phenoxy) is 1. The highest BCUT2D eigenvalue weighted by Crippen LogP contribution is 2.22. The highest BCUT2D eigenvalue weighted by atomic mass is 32.2. The van der Waals surface area contributed by atoms with Gasteiger partial charge in [0, 0.05) is 5.75 Å². The minimum atomic E-state index is -0.476. The Labute approximate surface area is 143 Å². The number of carbonyl (C=O) groups is 1. The third-order valence-corrected chi connectivity index (χ3v) is 4.60. The molecule has 3 rings (SSSR count). The first-order chi connectivity index (χ1) is 11.7. The Morgan fingerprint density at radius 1 is 1.12 bits per heavy atom. The van der Waals surface area contributed by atoms with Gasteiger partial charge in [0.2, 0.25) is 0 Å². The number of hydrogen-bond acceptors (Lipinski definition) is 5. The monoisotopic (exact) mass is 340 g/mol. The van der Waals surface area contributed by atoms with Crippen LogP contribution in [-0.4, -0.2) is 22.6 Å². The van der Waals surface area contributed by atoms with Crippen LogP contribution in [0.5, 0.6) is 0 Å². The highest BCUT2D eigenvalue weighted by molar-refractivity contribution is 7.98. The first-order valence-corrected chi connectivity index (χ1v) is 8.40. The zero-order valence-electron chi connectivity index (χ0n) is 13.1. The molecule has 0 saturated carbocycles. The van der Waals surface area contributed by atoms with Crippen molar-refractivity contribution < 1.29 is 9.53 Å². The molecule has 0 aliphatic heterocycles. The predicted molar refractivity (Wildman–Crippen MR) is 94.0 cm³/mol. The van der Waals surface area contributed by atoms with Crippen molar-refractivity contribution >= 4 is 28.6 Å². The van der Waals surface area contributed by atoms with Gasteiger partial charge in [0.15, 0.2) is 5.16 Å². The summed E-state index contributed by atoms with van der Waals surface area (Å²) in [5.74, 6) is 0.183. The number of esters is 1. The molecule has 0 atom stereocenters. The molecule has 0 saturated heterocycles. The molecule has 0 spiro atoms. The minimum absolute atomic E-state index is 0.149. The molecule has 0 unspecified atom stereocenters. The van der Waals surface area contributed by atoms with E-state index in [1.54, 1.807) is 18.2 Å². The second kappa shape index (κ2) is 7.31. The van der Waals surface area contributed by atoms with Gasteiger partial charge in [0.25, 0.3) is 5.56 Å². The Morgan fingerprint density at radius 3 is 2.58 bits per heavy atom. The van der Waals surface area contributed by atoms with Gasteiger partial charge in [0.05, 0.1) is 18.0 Å². The van der Waals surface area contributed by atoms with Gasteiger partial charge in [0.1, 0.15) is 6.54 Å². The van der Waals surface area contributed by atoms with Gasteiger partial charge < -0.3 is 4.74 Å². The number of rotatable bonds is 5. The van der Waals surface area contributed by atoms with E-state index < -0.39 is 5.97 Å². The SMILES string of the molecule is COC(=O)Cn1c(SCc2ccccc2)nc2ccccc2c1=O. The fourth-order valence-corrected chi connectivity index (χ4v) is 3.27. The molecule has 0 amide bonds. The number of para-hydroxylation sites is 1. The number of nitrogens with zero attached hydrogens (tertiary/aromatic N) is 2. The predicted octanol–water partition coefficient (Wildman–Crippen LogP) is 2.86. The fourth-order valence-electron chi connectivity index (χ4n) is 2.31. The first-order valence-electron chi connectivity index (χ1n) is 7.42. The van der Waals surface area contributed by atoms with Gasteiger partial charge in [-0.2, -0.15) is 0 Å². The molecular formula is C18H16N2O3S. The molecule has 2 aromatic carbocycles. The quantitative estimate of drug-likeness (QED) is 0.406. The van der Waals surface area contributed by atoms with Crippen molar-refractivity contribution in [2.75, 3.05) is 7.11 Å². The molecule has 0 N–H and O–H groups in total. The zero-order chi connectivity index (χ0) is 16.9. The third-order valence-electron chi connectivity index (χ3n) is 3.55. The maximum Gasteiger partial charge on any atom is 0.325 e. The van der Waals surface area contributed by atoms with Crippen LogP contribution in [0.3, 0.4) is 0 Å². The lowest BCUT2D eigenvalue weighted by Gasteiger charge is -2.12. The number of carbonyl (C=O) groups excluding carboxylic acids is 1. The maximum absolute atomic E-state index is 12.7. The summed E-state index contributed by atoms with van der Waals surface area (Å²) in [6.45, 7) is -0.149. The molecule has 0 fully saturated rings. The van der Waals surface area contributed by atoms with Crippen molar-refractivity contribution in [1.82, 2.24) is 9.55 Å². The Kier molecular flexibility index (Phi) is 4.96. The maximum atomic E-state index is 12.7. The van der Waals surface area contributed by atoms with E-state index in [0.717, 1.165) is 5.56 Å². The van der Waals surface area contributed by atoms with E-state index in [1.165, 1.54) is 23.4 Å². The molecular weight excluding hydrogens is 324 g/mol. The number of hydrogen-bond donors (Lipinski definition) is 0. The van der Waals surface area contributed by atoms with E-state index in [0.29, 0.717) is 21.8 Å². The van der Waals surface area contributed by atoms with Crippen LogP contribution in [0.1, 0.15) is 5.56 Å². The second-order valence-electron chi connectivity index (χ2n) is 5.15. The smallest absolute Gasteiger partial charge is 0.325 e. The van der Waals surface area contributed by atoms with Crippen molar-refractivity contribution in [3.8, 4) is 0 Å². The van der Waals surface area contributed by atoms with Crippen LogP contribution in [0.25, 0.3) is 10.9 Å². The number of thioether (sulfide) groups is 1. The topological polar surface area (TPSA) is 61.2 Å². The molecule has 122 valence electrons. The summed E-state index contributed by atoms with van der Waals surface area (Å²) < 4.78 is 6.08. The molecule has 6 heteroatoms. The molecule has 5 nitrogen and oxygen atoms in total. The summed E-state index contributed by atoms with van der Waals surface area (Å²) in [6.07, 6.45) is 0. The lowest BCUT2D eigenvalue weighted by molar-refractivity contribution is -0.141. The zero-order valence-corrected chi connectivity index (χ0v) is 14.0. The van der Waals surface area contributed by atoms with Crippen molar-refractivity contribution in [2.45, 2.75) is 17.5 Å². The Balaban J connectivity index is 2.01. The van der Waals surface area contributed by atoms with Gasteiger partial charge >= 0.3 is 5.97 Å². The van der Waals surface area contributed by atoms with Gasteiger partial charge in [-0.15, -0.1) is 0 Å². The van der Waals surface area contributed by atoms with Crippen LogP contribution in [0.15, 0.2) is 64.5 Å². The summed E-state index contributed by atoms with van der Waals surface area (Å²) in [5.41, 5.74) is 1.51. The lowest BCUT2D eigenvalue weighted by Crippen LogP contribution is -2.27. The van der Waals surface area contributed by atoms with Gasteiger partial charge in [-0.1, -0.05) is 54.2 Å². The Morgan fingerprint density at radius 2 is 1.83 bits per heavy atom. The molecule has 1 aromatic heterocycles. The minimum Gasteiger partial charge on any atom is -0.468 e. The molecule has 0 bridgehead atoms. The lowest BCUT2D eigenvalue weighted by atomic mass is 10.2. The molecule has 24 heavy (non-hydrogen) atoms. The summed E-state index contributed by atoms with van der Waals surface area (Å²) in [6, 6.07) is 17.0. The van der Waals surface area contributed by atoms with E-state index in [1.807, 2.05) is 36.4 Å². The van der Waals surface area contributed by atoms with E-state index in [-0.39, 0.29) is 12.1 Å². The summed E-state index contributed by atoms with van der Waals surface area (Å²) in [7, 11) is 1.30. The van der Waals surface area contributed by atoms with E-state index in [9.17, 15) is 9.59 Å². The van der Waals surface area contributed by atoms with Crippen molar-refractivity contribution in [1.29, 1.82) is 0 Å². The summed E-state index contributed by atoms with van der Waals surface area (Å²) >= 11 is 1.43. The van der Waals surface area contributed by atoms with Crippen LogP contribution in [0.4, 0.5) is 0 Å². The first kappa shape index (κ1) is 16.3. The van der Waals surface area contributed by atoms with Gasteiger partial charge in [-0.25, -0.2) is 4.98 Å². The average Bonchev–Trinajstić information content (AvgIpc) is 2.63. The van der Waals surface area contributed by atoms with Crippen LogP contribution in [0.2, 0.25) is 0 Å². The van der Waals surface area contributed by atoms with Crippen LogP contribution in [0, 0.1) is 0 Å². The van der Waals surface area contributed by atoms with E-state index >= 15 is 0 Å². The van der Waals surface area contributed by atoms with Crippen LogP contribution < -0.4 is 5.56 Å². The highest BCUT2D eigenvalue weighted by Gasteiger charge is 2.14. The summed E-state index contributed by atoms with van der Waals surface area (Å²) in [4.78, 5) is 28.9. The molecule has 3 aromatic rings. The number of benzene rings is 2.